The molecular weight excluding hydrogens is 502 g/mol. The van der Waals surface area contributed by atoms with Crippen LogP contribution in [0.2, 0.25) is 5.04 Å². The van der Waals surface area contributed by atoms with E-state index in [1.54, 1.807) is 4.90 Å². The van der Waals surface area contributed by atoms with Crippen molar-refractivity contribution < 1.29 is 18.7 Å². The van der Waals surface area contributed by atoms with Crippen molar-refractivity contribution in [3.05, 3.63) is 96.6 Å². The van der Waals surface area contributed by atoms with Crippen LogP contribution in [0.5, 0.6) is 0 Å². The van der Waals surface area contributed by atoms with E-state index in [1.807, 2.05) is 63.2 Å². The Balaban J connectivity index is 1.84. The molecule has 3 aromatic rings. The van der Waals surface area contributed by atoms with E-state index in [2.05, 4.69) is 76.2 Å². The molecule has 0 heterocycles. The summed E-state index contributed by atoms with van der Waals surface area (Å²) in [6.07, 6.45) is -0.596. The first kappa shape index (κ1) is 30.6. The molecule has 0 aromatic heterocycles. The van der Waals surface area contributed by atoms with Gasteiger partial charge in [-0.15, -0.1) is 0 Å². The summed E-state index contributed by atoms with van der Waals surface area (Å²) in [5.74, 6) is 0. The van der Waals surface area contributed by atoms with Crippen molar-refractivity contribution in [3.63, 3.8) is 0 Å². The quantitative estimate of drug-likeness (QED) is 0.206. The summed E-state index contributed by atoms with van der Waals surface area (Å²) in [6, 6.07) is 31.2. The number of rotatable bonds is 11. The minimum atomic E-state index is -2.75. The van der Waals surface area contributed by atoms with Gasteiger partial charge < -0.3 is 18.8 Å². The zero-order chi connectivity index (χ0) is 28.5. The fourth-order valence-electron chi connectivity index (χ4n) is 4.86. The third kappa shape index (κ3) is 8.52. The molecule has 0 saturated carbocycles. The molecule has 6 heteroatoms. The van der Waals surface area contributed by atoms with Gasteiger partial charge in [-0.05, 0) is 48.7 Å². The van der Waals surface area contributed by atoms with E-state index in [1.165, 1.54) is 10.4 Å². The third-order valence-corrected chi connectivity index (χ3v) is 11.7. The molecule has 0 saturated heterocycles. The number of hydrogen-bond donors (Lipinski definition) is 0. The maximum absolute atomic E-state index is 13.3. The summed E-state index contributed by atoms with van der Waals surface area (Å²) >= 11 is 0. The van der Waals surface area contributed by atoms with Crippen molar-refractivity contribution in [2.75, 3.05) is 19.7 Å². The van der Waals surface area contributed by atoms with Gasteiger partial charge in [0.15, 0.2) is 0 Å². The first-order valence-electron chi connectivity index (χ1n) is 13.8. The highest BCUT2D eigenvalue weighted by Crippen LogP contribution is 2.37. The summed E-state index contributed by atoms with van der Waals surface area (Å²) in [5.41, 5.74) is 0.507. The van der Waals surface area contributed by atoms with Gasteiger partial charge >= 0.3 is 6.09 Å². The van der Waals surface area contributed by atoms with Crippen LogP contribution in [0, 0.1) is 0 Å². The van der Waals surface area contributed by atoms with Crippen LogP contribution in [0.15, 0.2) is 91.0 Å². The second kappa shape index (κ2) is 13.4. The van der Waals surface area contributed by atoms with Crippen molar-refractivity contribution in [3.8, 4) is 0 Å². The van der Waals surface area contributed by atoms with Crippen molar-refractivity contribution >= 4 is 24.8 Å². The highest BCUT2D eigenvalue weighted by Gasteiger charge is 2.51. The SMILES string of the molecule is C[C@H](CN(CCOCc1ccccc1)C(=O)OC(C)(C)C)O[Si](c1ccccc1)(c1ccccc1)C(C)(C)C. The van der Waals surface area contributed by atoms with E-state index in [4.69, 9.17) is 13.9 Å². The molecule has 3 aromatic carbocycles. The van der Waals surface area contributed by atoms with Gasteiger partial charge in [-0.25, -0.2) is 4.79 Å². The van der Waals surface area contributed by atoms with Gasteiger partial charge in [-0.3, -0.25) is 0 Å². The highest BCUT2D eigenvalue weighted by atomic mass is 28.4. The second-order valence-corrected chi connectivity index (χ2v) is 16.3. The zero-order valence-electron chi connectivity index (χ0n) is 24.6. The summed E-state index contributed by atoms with van der Waals surface area (Å²) in [7, 11) is -2.75. The third-order valence-electron chi connectivity index (χ3n) is 6.54. The standard InChI is InChI=1S/C33H45NO4Si/c1-27(25-34(31(35)37-32(2,3)4)23-24-36-26-28-17-11-8-12-18-28)38-39(33(5,6)7,29-19-13-9-14-20-29)30-21-15-10-16-22-30/h8-22,27H,23-26H2,1-7H3/t27-/m1/s1. The Morgan fingerprint density at radius 2 is 1.28 bits per heavy atom. The Morgan fingerprint density at radius 3 is 1.74 bits per heavy atom. The van der Waals surface area contributed by atoms with Crippen molar-refractivity contribution in [1.82, 2.24) is 4.90 Å². The minimum Gasteiger partial charge on any atom is -0.444 e. The molecule has 0 N–H and O–H groups in total. The Labute approximate surface area is 236 Å². The fraction of sp³-hybridized carbons (Fsp3) is 0.424. The largest absolute Gasteiger partial charge is 0.444 e. The predicted octanol–water partition coefficient (Wildman–Crippen LogP) is 6.41. The van der Waals surface area contributed by atoms with E-state index < -0.39 is 13.9 Å². The van der Waals surface area contributed by atoms with Crippen molar-refractivity contribution in [1.29, 1.82) is 0 Å². The number of carbonyl (C=O) groups excluding carboxylic acids is 1. The van der Waals surface area contributed by atoms with Crippen LogP contribution >= 0.6 is 0 Å². The number of hydrogen-bond acceptors (Lipinski definition) is 4. The molecule has 39 heavy (non-hydrogen) atoms. The predicted molar refractivity (Wildman–Crippen MR) is 162 cm³/mol. The van der Waals surface area contributed by atoms with Crippen LogP contribution in [-0.2, 0) is 20.5 Å². The van der Waals surface area contributed by atoms with Gasteiger partial charge in [-0.2, -0.15) is 0 Å². The first-order chi connectivity index (χ1) is 18.4. The molecular formula is C33H45NO4Si. The smallest absolute Gasteiger partial charge is 0.410 e. The molecule has 210 valence electrons. The van der Waals surface area contributed by atoms with E-state index in [9.17, 15) is 4.79 Å². The number of nitrogens with zero attached hydrogens (tertiary/aromatic N) is 1. The lowest BCUT2D eigenvalue weighted by molar-refractivity contribution is 0.00832. The molecule has 1 amide bonds. The van der Waals surface area contributed by atoms with Crippen LogP contribution in [-0.4, -0.2) is 50.7 Å². The lowest BCUT2D eigenvalue weighted by Gasteiger charge is -2.45. The Bertz CT molecular complexity index is 1100. The number of ether oxygens (including phenoxy) is 2. The zero-order valence-corrected chi connectivity index (χ0v) is 25.6. The summed E-state index contributed by atoms with van der Waals surface area (Å²) in [6.45, 7) is 16.2. The van der Waals surface area contributed by atoms with Crippen LogP contribution in [0.4, 0.5) is 4.79 Å². The van der Waals surface area contributed by atoms with Gasteiger partial charge in [0.25, 0.3) is 8.32 Å². The second-order valence-electron chi connectivity index (χ2n) is 12.1. The molecule has 1 atom stereocenters. The van der Waals surface area contributed by atoms with Crippen LogP contribution in [0.1, 0.15) is 54.0 Å². The Hall–Kier alpha value is -2.93. The average molecular weight is 548 g/mol. The lowest BCUT2D eigenvalue weighted by Crippen LogP contribution is -2.68. The molecule has 0 radical (unpaired) electrons. The molecule has 5 nitrogen and oxygen atoms in total. The van der Waals surface area contributed by atoms with Gasteiger partial charge in [0.1, 0.15) is 5.60 Å². The minimum absolute atomic E-state index is 0.153. The molecule has 0 bridgehead atoms. The normalized spacial score (nSPS) is 13.1. The summed E-state index contributed by atoms with van der Waals surface area (Å²) < 4.78 is 18.9. The molecule has 0 fully saturated rings. The van der Waals surface area contributed by atoms with E-state index >= 15 is 0 Å². The number of carbonyl (C=O) groups is 1. The first-order valence-corrected chi connectivity index (χ1v) is 15.7. The van der Waals surface area contributed by atoms with Crippen LogP contribution < -0.4 is 10.4 Å². The molecule has 0 unspecified atom stereocenters. The van der Waals surface area contributed by atoms with E-state index in [0.717, 1.165) is 5.56 Å². The molecule has 3 rings (SSSR count). The topological polar surface area (TPSA) is 48.0 Å². The molecule has 0 aliphatic heterocycles. The summed E-state index contributed by atoms with van der Waals surface area (Å²) in [4.78, 5) is 15.0. The fourth-order valence-corrected chi connectivity index (χ4v) is 9.56. The van der Waals surface area contributed by atoms with Crippen LogP contribution in [0.3, 0.4) is 0 Å². The monoisotopic (exact) mass is 547 g/mol. The van der Waals surface area contributed by atoms with E-state index in [-0.39, 0.29) is 17.2 Å². The number of amides is 1. The van der Waals surface area contributed by atoms with Crippen LogP contribution in [0.25, 0.3) is 0 Å². The van der Waals surface area contributed by atoms with Gasteiger partial charge in [0, 0.05) is 13.1 Å². The van der Waals surface area contributed by atoms with Crippen molar-refractivity contribution in [2.24, 2.45) is 0 Å². The van der Waals surface area contributed by atoms with Gasteiger partial charge in [0.05, 0.1) is 19.3 Å². The van der Waals surface area contributed by atoms with Crippen molar-refractivity contribution in [2.45, 2.75) is 71.8 Å². The maximum atomic E-state index is 13.3. The Kier molecular flexibility index (Phi) is 10.5. The maximum Gasteiger partial charge on any atom is 0.410 e. The van der Waals surface area contributed by atoms with E-state index in [0.29, 0.717) is 26.3 Å². The highest BCUT2D eigenvalue weighted by molar-refractivity contribution is 6.99. The van der Waals surface area contributed by atoms with Gasteiger partial charge in [-0.1, -0.05) is 112 Å². The lowest BCUT2D eigenvalue weighted by atomic mass is 10.2. The Morgan fingerprint density at radius 1 is 0.795 bits per heavy atom. The average Bonchev–Trinajstić information content (AvgIpc) is 2.89. The van der Waals surface area contributed by atoms with Gasteiger partial charge in [0.2, 0.25) is 0 Å². The number of benzene rings is 3. The molecule has 0 aliphatic rings. The molecule has 0 aliphatic carbocycles. The molecule has 0 spiro atoms. The summed E-state index contributed by atoms with van der Waals surface area (Å²) in [5, 5.41) is 2.27.